The highest BCUT2D eigenvalue weighted by Gasteiger charge is 2.22. The molecule has 4 rings (SSSR count). The van der Waals surface area contributed by atoms with Crippen molar-refractivity contribution in [2.45, 2.75) is 45.6 Å². The first-order valence-corrected chi connectivity index (χ1v) is 12.4. The number of benzene rings is 3. The molecular weight excluding hydrogens is 498 g/mol. The molecule has 39 heavy (non-hydrogen) atoms. The molecule has 200 valence electrons. The van der Waals surface area contributed by atoms with Crippen molar-refractivity contribution in [3.63, 3.8) is 0 Å². The monoisotopic (exact) mass is 527 g/mol. The highest BCUT2D eigenvalue weighted by atomic mass is 16.5. The average molecular weight is 528 g/mol. The molecule has 1 aromatic heterocycles. The van der Waals surface area contributed by atoms with Gasteiger partial charge in [-0.25, -0.2) is 9.59 Å². The number of aromatic nitrogens is 2. The predicted octanol–water partition coefficient (Wildman–Crippen LogP) is 4.99. The second-order valence-electron chi connectivity index (χ2n) is 10.1. The number of hydrogen-bond acceptors (Lipinski definition) is 7. The highest BCUT2D eigenvalue weighted by molar-refractivity contribution is 5.96. The number of nitrogens with zero attached hydrogens (tertiary/aromatic N) is 2. The summed E-state index contributed by atoms with van der Waals surface area (Å²) in [7, 11) is 0. The molecule has 1 atom stereocenters. The number of aliphatic carboxylic acids is 1. The highest BCUT2D eigenvalue weighted by Crippen LogP contribution is 2.23. The summed E-state index contributed by atoms with van der Waals surface area (Å²) in [6.45, 7) is 7.92. The van der Waals surface area contributed by atoms with Crippen molar-refractivity contribution in [2.75, 3.05) is 0 Å². The number of carboxylic acids is 1. The van der Waals surface area contributed by atoms with Gasteiger partial charge in [0.05, 0.1) is 5.56 Å². The van der Waals surface area contributed by atoms with Gasteiger partial charge in [0.15, 0.2) is 0 Å². The topological polar surface area (TPSA) is 132 Å². The Morgan fingerprint density at radius 1 is 0.897 bits per heavy atom. The second-order valence-corrected chi connectivity index (χ2v) is 10.1. The van der Waals surface area contributed by atoms with Crippen LogP contribution in [-0.4, -0.2) is 39.2 Å². The molecule has 0 radical (unpaired) electrons. The van der Waals surface area contributed by atoms with Gasteiger partial charge in [0.1, 0.15) is 11.8 Å². The molecular formula is C30H29N3O6. The van der Waals surface area contributed by atoms with Crippen LogP contribution in [0.5, 0.6) is 5.75 Å². The number of aryl methyl sites for hydroxylation is 1. The summed E-state index contributed by atoms with van der Waals surface area (Å²) < 4.78 is 10.8. The Morgan fingerprint density at radius 3 is 2.05 bits per heavy atom. The second kappa shape index (κ2) is 11.3. The predicted molar refractivity (Wildman–Crippen MR) is 144 cm³/mol. The normalized spacial score (nSPS) is 12.0. The van der Waals surface area contributed by atoms with Gasteiger partial charge >= 0.3 is 11.9 Å². The Kier molecular flexibility index (Phi) is 7.90. The molecule has 0 aliphatic heterocycles. The van der Waals surface area contributed by atoms with Gasteiger partial charge in [-0.15, -0.1) is 10.2 Å². The van der Waals surface area contributed by atoms with Crippen LogP contribution in [0, 0.1) is 6.92 Å². The lowest BCUT2D eigenvalue weighted by atomic mass is 9.86. The van der Waals surface area contributed by atoms with E-state index in [0.717, 1.165) is 5.56 Å². The summed E-state index contributed by atoms with van der Waals surface area (Å²) in [5.41, 5.74) is 3.08. The summed E-state index contributed by atoms with van der Waals surface area (Å²) in [5, 5.41) is 20.0. The zero-order valence-corrected chi connectivity index (χ0v) is 22.1. The fraction of sp³-hybridized carbons (Fsp3) is 0.233. The minimum Gasteiger partial charge on any atom is -0.480 e. The van der Waals surface area contributed by atoms with Crippen LogP contribution in [-0.2, 0) is 16.6 Å². The molecule has 0 saturated heterocycles. The van der Waals surface area contributed by atoms with E-state index in [-0.39, 0.29) is 11.8 Å². The first-order valence-electron chi connectivity index (χ1n) is 12.4. The number of carbonyl (C=O) groups excluding carboxylic acids is 2. The van der Waals surface area contributed by atoms with Crippen LogP contribution in [0.4, 0.5) is 0 Å². The van der Waals surface area contributed by atoms with Gasteiger partial charge in [-0.05, 0) is 65.1 Å². The zero-order valence-electron chi connectivity index (χ0n) is 22.1. The fourth-order valence-electron chi connectivity index (χ4n) is 3.82. The number of nitrogens with one attached hydrogen (secondary N) is 1. The molecule has 1 heterocycles. The summed E-state index contributed by atoms with van der Waals surface area (Å²) in [5.74, 6) is -1.06. The van der Waals surface area contributed by atoms with E-state index >= 15 is 0 Å². The van der Waals surface area contributed by atoms with E-state index in [2.05, 4.69) is 36.3 Å². The number of esters is 1. The Morgan fingerprint density at radius 2 is 1.51 bits per heavy atom. The van der Waals surface area contributed by atoms with Gasteiger partial charge in [-0.2, -0.15) is 0 Å². The number of hydrogen-bond donors (Lipinski definition) is 2. The minimum absolute atomic E-state index is 0.0566. The zero-order chi connectivity index (χ0) is 28.2. The third-order valence-corrected chi connectivity index (χ3v) is 6.08. The smallest absolute Gasteiger partial charge is 0.343 e. The van der Waals surface area contributed by atoms with Gasteiger partial charge in [-0.3, -0.25) is 4.79 Å². The third kappa shape index (κ3) is 6.95. The largest absolute Gasteiger partial charge is 0.480 e. The number of carboxylic acid groups (broad SMARTS) is 1. The van der Waals surface area contributed by atoms with Crippen LogP contribution in [0.3, 0.4) is 0 Å². The minimum atomic E-state index is -1.15. The van der Waals surface area contributed by atoms with Gasteiger partial charge < -0.3 is 19.6 Å². The molecule has 3 aromatic carbocycles. The van der Waals surface area contributed by atoms with Crippen LogP contribution < -0.4 is 10.1 Å². The van der Waals surface area contributed by atoms with Crippen molar-refractivity contribution in [3.05, 3.63) is 101 Å². The van der Waals surface area contributed by atoms with E-state index in [9.17, 15) is 19.5 Å². The summed E-state index contributed by atoms with van der Waals surface area (Å²) in [6, 6.07) is 19.0. The van der Waals surface area contributed by atoms with Gasteiger partial charge in [0.2, 0.25) is 11.8 Å². The van der Waals surface area contributed by atoms with Crippen LogP contribution in [0.25, 0.3) is 11.5 Å². The van der Waals surface area contributed by atoms with Crippen LogP contribution >= 0.6 is 0 Å². The molecule has 0 spiro atoms. The standard InChI is InChI=1S/C30H29N3O6/c1-18-32-33-27(38-18)21-7-9-22(10-8-21)29(37)39-24-15-5-19(6-16-24)17-25(28(35)36)31-26(34)20-11-13-23(14-12-20)30(2,3)4/h5-16,25H,17H2,1-4H3,(H,31,34)(H,35,36)/t25-/m0/s1. The van der Waals surface area contributed by atoms with Crippen molar-refractivity contribution in [2.24, 2.45) is 0 Å². The van der Waals surface area contributed by atoms with Crippen molar-refractivity contribution < 1.29 is 28.6 Å². The van der Waals surface area contributed by atoms with Crippen molar-refractivity contribution in [1.82, 2.24) is 15.5 Å². The molecule has 9 heteroatoms. The lowest BCUT2D eigenvalue weighted by Gasteiger charge is -2.19. The maximum atomic E-state index is 12.7. The lowest BCUT2D eigenvalue weighted by molar-refractivity contribution is -0.139. The average Bonchev–Trinajstić information content (AvgIpc) is 3.35. The molecule has 2 N–H and O–H groups in total. The number of amides is 1. The van der Waals surface area contributed by atoms with Crippen molar-refractivity contribution >= 4 is 17.8 Å². The quantitative estimate of drug-likeness (QED) is 0.242. The number of rotatable bonds is 8. The van der Waals surface area contributed by atoms with Crippen LogP contribution in [0.1, 0.15) is 58.5 Å². The number of ether oxygens (including phenoxy) is 1. The Labute approximate surface area is 225 Å². The first kappa shape index (κ1) is 27.3. The maximum absolute atomic E-state index is 12.7. The maximum Gasteiger partial charge on any atom is 0.343 e. The Balaban J connectivity index is 1.35. The third-order valence-electron chi connectivity index (χ3n) is 6.08. The molecule has 0 saturated carbocycles. The summed E-state index contributed by atoms with van der Waals surface area (Å²) in [6.07, 6.45) is 0.0615. The Hall–Kier alpha value is -4.79. The molecule has 0 aliphatic carbocycles. The molecule has 1 amide bonds. The molecule has 0 unspecified atom stereocenters. The summed E-state index contributed by atoms with van der Waals surface area (Å²) >= 11 is 0. The first-order chi connectivity index (χ1) is 18.5. The summed E-state index contributed by atoms with van der Waals surface area (Å²) in [4.78, 5) is 37.1. The molecule has 0 aliphatic rings. The van der Waals surface area contributed by atoms with E-state index in [1.54, 1.807) is 67.6 Å². The number of carbonyl (C=O) groups is 3. The van der Waals surface area contributed by atoms with Crippen LogP contribution in [0.2, 0.25) is 0 Å². The van der Waals surface area contributed by atoms with E-state index in [1.807, 2.05) is 12.1 Å². The molecule has 0 bridgehead atoms. The SMILES string of the molecule is Cc1nnc(-c2ccc(C(=O)Oc3ccc(C[C@H](NC(=O)c4ccc(C(C)(C)C)cc4)C(=O)O)cc3)cc2)o1. The van der Waals surface area contributed by atoms with Crippen LogP contribution in [0.15, 0.2) is 77.2 Å². The molecule has 0 fully saturated rings. The van der Waals surface area contributed by atoms with Crippen molar-refractivity contribution in [3.8, 4) is 17.2 Å². The molecule has 4 aromatic rings. The van der Waals surface area contributed by atoms with Gasteiger partial charge in [0, 0.05) is 24.5 Å². The molecule has 9 nitrogen and oxygen atoms in total. The lowest BCUT2D eigenvalue weighted by Crippen LogP contribution is -2.42. The van der Waals surface area contributed by atoms with E-state index in [4.69, 9.17) is 9.15 Å². The van der Waals surface area contributed by atoms with E-state index in [1.165, 1.54) is 0 Å². The fourth-order valence-corrected chi connectivity index (χ4v) is 3.82. The van der Waals surface area contributed by atoms with Gasteiger partial charge in [0.25, 0.3) is 5.91 Å². The Bertz CT molecular complexity index is 1470. The van der Waals surface area contributed by atoms with E-state index < -0.39 is 23.9 Å². The van der Waals surface area contributed by atoms with Gasteiger partial charge in [-0.1, -0.05) is 45.0 Å². The van der Waals surface area contributed by atoms with E-state index in [0.29, 0.717) is 39.8 Å². The van der Waals surface area contributed by atoms with Crippen molar-refractivity contribution in [1.29, 1.82) is 0 Å².